The number of nitrogens with zero attached hydrogens (tertiary/aromatic N) is 3. The fourth-order valence-electron chi connectivity index (χ4n) is 3.89. The lowest BCUT2D eigenvalue weighted by molar-refractivity contribution is 0.0295. The van der Waals surface area contributed by atoms with Gasteiger partial charge in [0.1, 0.15) is 0 Å². The molecule has 31 heavy (non-hydrogen) atoms. The maximum atomic E-state index is 15.1. The number of aryl methyl sites for hydroxylation is 1. The number of nitrogens with one attached hydrogen (secondary N) is 2. The number of hydrogen-bond donors (Lipinski definition) is 2. The summed E-state index contributed by atoms with van der Waals surface area (Å²) >= 11 is 0. The van der Waals surface area contributed by atoms with E-state index in [1.54, 1.807) is 29.2 Å². The number of aromatic nitrogens is 1. The number of halogens is 1. The second-order valence-electron chi connectivity index (χ2n) is 7.82. The predicted molar refractivity (Wildman–Crippen MR) is 116 cm³/mol. The van der Waals surface area contributed by atoms with Crippen LogP contribution in [0.5, 0.6) is 0 Å². The van der Waals surface area contributed by atoms with Crippen LogP contribution in [0.15, 0.2) is 36.5 Å². The zero-order valence-electron chi connectivity index (χ0n) is 18.2. The van der Waals surface area contributed by atoms with E-state index in [1.807, 2.05) is 20.8 Å². The van der Waals surface area contributed by atoms with Crippen molar-refractivity contribution in [3.8, 4) is 0 Å². The van der Waals surface area contributed by atoms with Crippen LogP contribution >= 0.6 is 0 Å². The molecule has 9 heteroatoms. The number of pyridine rings is 1. The van der Waals surface area contributed by atoms with Crippen LogP contribution in [0, 0.1) is 12.7 Å². The van der Waals surface area contributed by atoms with Gasteiger partial charge in [-0.05, 0) is 39.0 Å². The molecule has 1 aliphatic heterocycles. The molecule has 2 atom stereocenters. The van der Waals surface area contributed by atoms with Gasteiger partial charge in [0.2, 0.25) is 0 Å². The molecule has 2 aromatic rings. The molecule has 1 aromatic heterocycles. The van der Waals surface area contributed by atoms with Crippen molar-refractivity contribution in [2.24, 2.45) is 0 Å². The normalized spacial score (nSPS) is 19.1. The summed E-state index contributed by atoms with van der Waals surface area (Å²) in [5, 5.41) is 5.20. The third-order valence-electron chi connectivity index (χ3n) is 5.27. The summed E-state index contributed by atoms with van der Waals surface area (Å²) in [6, 6.07) is 7.76. The summed E-state index contributed by atoms with van der Waals surface area (Å²) in [4.78, 5) is 32.1. The van der Waals surface area contributed by atoms with Gasteiger partial charge >= 0.3 is 12.1 Å². The van der Waals surface area contributed by atoms with Crippen LogP contribution in [0.25, 0.3) is 0 Å². The molecular weight excluding hydrogens is 401 g/mol. The van der Waals surface area contributed by atoms with Crippen LogP contribution in [0.2, 0.25) is 0 Å². The van der Waals surface area contributed by atoms with Crippen molar-refractivity contribution in [1.82, 2.24) is 14.8 Å². The first-order valence-electron chi connectivity index (χ1n) is 10.1. The summed E-state index contributed by atoms with van der Waals surface area (Å²) in [6.45, 7) is 7.29. The number of ether oxygens (including phenoxy) is 1. The zero-order valence-corrected chi connectivity index (χ0v) is 18.2. The summed E-state index contributed by atoms with van der Waals surface area (Å²) in [5.74, 6) is -0.476. The van der Waals surface area contributed by atoms with Gasteiger partial charge in [0.05, 0.1) is 24.7 Å². The lowest BCUT2D eigenvalue weighted by Gasteiger charge is -2.43. The highest BCUT2D eigenvalue weighted by molar-refractivity contribution is 5.99. The average Bonchev–Trinajstić information content (AvgIpc) is 2.72. The van der Waals surface area contributed by atoms with E-state index in [0.29, 0.717) is 30.9 Å². The molecule has 0 aliphatic carbocycles. The summed E-state index contributed by atoms with van der Waals surface area (Å²) in [6.07, 6.45) is 1.18. The average molecular weight is 429 g/mol. The van der Waals surface area contributed by atoms with Crippen molar-refractivity contribution >= 4 is 23.5 Å². The molecule has 1 aliphatic rings. The molecule has 2 heterocycles. The van der Waals surface area contributed by atoms with Crippen LogP contribution < -0.4 is 10.6 Å². The van der Waals surface area contributed by atoms with Gasteiger partial charge in [0.25, 0.3) is 0 Å². The number of piperazine rings is 1. The van der Waals surface area contributed by atoms with E-state index >= 15 is 4.39 Å². The number of anilines is 2. The molecule has 166 valence electrons. The first kappa shape index (κ1) is 22.5. The predicted octanol–water partition coefficient (Wildman–Crippen LogP) is 3.83. The molecule has 0 bridgehead atoms. The zero-order chi connectivity index (χ0) is 22.5. The number of urea groups is 1. The molecule has 0 radical (unpaired) electrons. The van der Waals surface area contributed by atoms with E-state index < -0.39 is 11.8 Å². The third kappa shape index (κ3) is 5.49. The minimum Gasteiger partial charge on any atom is -0.453 e. The highest BCUT2D eigenvalue weighted by Crippen LogP contribution is 2.23. The van der Waals surface area contributed by atoms with Gasteiger partial charge in [-0.15, -0.1) is 0 Å². The number of carbonyl (C=O) groups is 2. The number of amides is 3. The topological polar surface area (TPSA) is 86.8 Å². The molecule has 3 rings (SSSR count). The van der Waals surface area contributed by atoms with Gasteiger partial charge in [-0.3, -0.25) is 9.88 Å². The lowest BCUT2D eigenvalue weighted by Crippen LogP contribution is -2.58. The van der Waals surface area contributed by atoms with E-state index in [2.05, 4.69) is 20.5 Å². The first-order valence-corrected chi connectivity index (χ1v) is 10.1. The molecule has 0 saturated carbocycles. The molecule has 1 aromatic carbocycles. The molecule has 2 N–H and O–H groups in total. The van der Waals surface area contributed by atoms with E-state index in [-0.39, 0.29) is 23.9 Å². The Morgan fingerprint density at radius 1 is 1.16 bits per heavy atom. The number of hydrogen-bond acceptors (Lipinski definition) is 5. The minimum absolute atomic E-state index is 0.0607. The van der Waals surface area contributed by atoms with Gasteiger partial charge < -0.3 is 20.3 Å². The molecular formula is C22H28FN5O3. The van der Waals surface area contributed by atoms with Crippen molar-refractivity contribution in [3.05, 3.63) is 53.6 Å². The Balaban J connectivity index is 1.65. The van der Waals surface area contributed by atoms with E-state index in [1.165, 1.54) is 19.4 Å². The van der Waals surface area contributed by atoms with E-state index in [0.717, 1.165) is 5.69 Å². The highest BCUT2D eigenvalue weighted by Gasteiger charge is 2.33. The molecule has 2 unspecified atom stereocenters. The van der Waals surface area contributed by atoms with Gasteiger partial charge in [0.15, 0.2) is 5.82 Å². The first-order chi connectivity index (χ1) is 14.8. The third-order valence-corrected chi connectivity index (χ3v) is 5.27. The van der Waals surface area contributed by atoms with E-state index in [4.69, 9.17) is 4.74 Å². The number of rotatable bonds is 4. The van der Waals surface area contributed by atoms with Crippen molar-refractivity contribution in [2.45, 2.75) is 39.4 Å². The largest absolute Gasteiger partial charge is 0.453 e. The van der Waals surface area contributed by atoms with Gasteiger partial charge in [-0.25, -0.2) is 14.0 Å². The van der Waals surface area contributed by atoms with Crippen molar-refractivity contribution in [2.75, 3.05) is 30.8 Å². The fraction of sp³-hybridized carbons (Fsp3) is 0.409. The Morgan fingerprint density at radius 3 is 2.48 bits per heavy atom. The van der Waals surface area contributed by atoms with Crippen LogP contribution in [0.4, 0.5) is 25.4 Å². The number of methoxy groups -OCH3 is 1. The Bertz CT molecular complexity index is 925. The highest BCUT2D eigenvalue weighted by atomic mass is 19.1. The minimum atomic E-state index is -0.546. The molecule has 0 spiro atoms. The number of carbonyl (C=O) groups excluding carboxylic acids is 2. The lowest BCUT2D eigenvalue weighted by atomic mass is 10.1. The second-order valence-corrected chi connectivity index (χ2v) is 7.82. The Morgan fingerprint density at radius 2 is 1.87 bits per heavy atom. The Kier molecular flexibility index (Phi) is 7.06. The van der Waals surface area contributed by atoms with Crippen LogP contribution in [0.3, 0.4) is 0 Å². The van der Waals surface area contributed by atoms with E-state index in [9.17, 15) is 9.59 Å². The molecule has 1 fully saturated rings. The molecule has 3 amide bonds. The van der Waals surface area contributed by atoms with Crippen LogP contribution in [0.1, 0.15) is 25.1 Å². The van der Waals surface area contributed by atoms with Crippen LogP contribution in [-0.4, -0.2) is 59.2 Å². The van der Waals surface area contributed by atoms with Gasteiger partial charge in [0, 0.05) is 43.0 Å². The quantitative estimate of drug-likeness (QED) is 0.771. The monoisotopic (exact) mass is 429 g/mol. The summed E-state index contributed by atoms with van der Waals surface area (Å²) in [7, 11) is 1.37. The summed E-state index contributed by atoms with van der Waals surface area (Å²) in [5.41, 5.74) is 1.93. The standard InChI is InChI=1S/C22H28FN5O3/c1-14-8-9-18(10-24-14)25-21(29)26-19-7-5-6-17(20(19)23)13-27-11-15(2)28(16(3)12-27)22(30)31-4/h5-10,15-16H,11-13H2,1-4H3,(H2,25,26,29). The SMILES string of the molecule is COC(=O)N1C(C)CN(Cc2cccc(NC(=O)Nc3ccc(C)nc3)c2F)CC1C. The molecule has 1 saturated heterocycles. The van der Waals surface area contributed by atoms with Crippen molar-refractivity contribution in [3.63, 3.8) is 0 Å². The van der Waals surface area contributed by atoms with Gasteiger partial charge in [-0.1, -0.05) is 12.1 Å². The smallest absolute Gasteiger partial charge is 0.410 e. The summed E-state index contributed by atoms with van der Waals surface area (Å²) < 4.78 is 19.9. The Labute approximate surface area is 181 Å². The van der Waals surface area contributed by atoms with Gasteiger partial charge in [-0.2, -0.15) is 0 Å². The van der Waals surface area contributed by atoms with Crippen molar-refractivity contribution < 1.29 is 18.7 Å². The maximum absolute atomic E-state index is 15.1. The molecule has 8 nitrogen and oxygen atoms in total. The van der Waals surface area contributed by atoms with Crippen molar-refractivity contribution in [1.29, 1.82) is 0 Å². The maximum Gasteiger partial charge on any atom is 0.410 e. The fourth-order valence-corrected chi connectivity index (χ4v) is 3.89. The number of benzene rings is 1. The Hall–Kier alpha value is -3.20. The van der Waals surface area contributed by atoms with Crippen LogP contribution in [-0.2, 0) is 11.3 Å². The second kappa shape index (κ2) is 9.74.